The first-order chi connectivity index (χ1) is 17.2. The highest BCUT2D eigenvalue weighted by Gasteiger charge is 2.17. The molecule has 0 unspecified atom stereocenters. The van der Waals surface area contributed by atoms with Crippen LogP contribution in [0, 0.1) is 5.82 Å². The maximum Gasteiger partial charge on any atom is 0.270 e. The molecule has 0 saturated carbocycles. The zero-order chi connectivity index (χ0) is 23.9. The first kappa shape index (κ1) is 23.1. The van der Waals surface area contributed by atoms with Crippen LogP contribution in [0.1, 0.15) is 18.5 Å². The van der Waals surface area contributed by atoms with Crippen molar-refractivity contribution < 1.29 is 9.13 Å². The Morgan fingerprint density at radius 2 is 1.94 bits per heavy atom. The van der Waals surface area contributed by atoms with E-state index in [2.05, 4.69) is 53.1 Å². The number of hydrazine groups is 1. The Bertz CT molecular complexity index is 1150. The Hall–Kier alpha value is -3.70. The van der Waals surface area contributed by atoms with Crippen molar-refractivity contribution in [2.45, 2.75) is 19.4 Å². The van der Waals surface area contributed by atoms with Crippen molar-refractivity contribution in [3.05, 3.63) is 60.3 Å². The molecule has 0 atom stereocenters. The van der Waals surface area contributed by atoms with Crippen LogP contribution in [-0.4, -0.2) is 54.3 Å². The highest BCUT2D eigenvalue weighted by molar-refractivity contribution is 5.64. The van der Waals surface area contributed by atoms with Crippen molar-refractivity contribution in [3.63, 3.8) is 0 Å². The number of anilines is 4. The van der Waals surface area contributed by atoms with Crippen LogP contribution in [0.25, 0.3) is 0 Å². The van der Waals surface area contributed by atoms with Gasteiger partial charge >= 0.3 is 0 Å². The van der Waals surface area contributed by atoms with E-state index < -0.39 is 5.82 Å². The molecule has 11 heteroatoms. The molecule has 5 rings (SSSR count). The van der Waals surface area contributed by atoms with Gasteiger partial charge in [0.25, 0.3) is 5.95 Å². The topological polar surface area (TPSA) is 103 Å². The van der Waals surface area contributed by atoms with Crippen molar-refractivity contribution >= 4 is 28.8 Å². The summed E-state index contributed by atoms with van der Waals surface area (Å²) in [6.07, 6.45) is 5.29. The summed E-state index contributed by atoms with van der Waals surface area (Å²) in [6.45, 7) is 4.51. The van der Waals surface area contributed by atoms with Crippen molar-refractivity contribution in [1.82, 2.24) is 20.4 Å². The molecule has 0 amide bonds. The van der Waals surface area contributed by atoms with Crippen LogP contribution in [-0.2, 0) is 11.3 Å². The zero-order valence-electron chi connectivity index (χ0n) is 19.4. The summed E-state index contributed by atoms with van der Waals surface area (Å²) in [7, 11) is 0. The van der Waals surface area contributed by atoms with E-state index in [1.165, 1.54) is 12.8 Å². The summed E-state index contributed by atoms with van der Waals surface area (Å²) in [5.74, 6) is -0.131. The number of pyridine rings is 1. The van der Waals surface area contributed by atoms with E-state index >= 15 is 0 Å². The molecular formula is C24H28FN9O. The number of halogens is 1. The third kappa shape index (κ3) is 6.06. The number of hydrogen-bond donors (Lipinski definition) is 2. The average Bonchev–Trinajstić information content (AvgIpc) is 2.92. The number of benzene rings is 1. The predicted molar refractivity (Wildman–Crippen MR) is 132 cm³/mol. The summed E-state index contributed by atoms with van der Waals surface area (Å²) in [6, 6.07) is 12.1. The molecule has 2 aliphatic heterocycles. The van der Waals surface area contributed by atoms with E-state index in [-0.39, 0.29) is 18.3 Å². The lowest BCUT2D eigenvalue weighted by molar-refractivity contribution is 0.122. The minimum absolute atomic E-state index is 0.120. The second kappa shape index (κ2) is 11.2. The Balaban J connectivity index is 1.18. The van der Waals surface area contributed by atoms with Crippen molar-refractivity contribution in [2.75, 3.05) is 54.6 Å². The van der Waals surface area contributed by atoms with Crippen LogP contribution in [0.5, 0.6) is 0 Å². The van der Waals surface area contributed by atoms with Crippen molar-refractivity contribution in [1.29, 1.82) is 0 Å². The highest BCUT2D eigenvalue weighted by Crippen LogP contribution is 2.23. The molecule has 1 aromatic carbocycles. The molecule has 2 N–H and O–H groups in total. The zero-order valence-corrected chi connectivity index (χ0v) is 19.4. The molecule has 0 spiro atoms. The third-order valence-electron chi connectivity index (χ3n) is 5.80. The fraction of sp³-hybridized carbons (Fsp3) is 0.375. The Morgan fingerprint density at radius 1 is 1.03 bits per heavy atom. The summed E-state index contributed by atoms with van der Waals surface area (Å²) < 4.78 is 19.5. The molecule has 2 fully saturated rings. The van der Waals surface area contributed by atoms with Crippen LogP contribution in [0.3, 0.4) is 0 Å². The van der Waals surface area contributed by atoms with Gasteiger partial charge in [0.05, 0.1) is 42.7 Å². The SMILES string of the molecule is Fc1cnc(N=NCc2ccc(Nc3cccc(N4CCCCN4)c3)cn2)nc1N1CCOCC1. The van der Waals surface area contributed by atoms with Crippen molar-refractivity contribution in [3.8, 4) is 0 Å². The number of morpholine rings is 1. The monoisotopic (exact) mass is 477 g/mol. The average molecular weight is 478 g/mol. The van der Waals surface area contributed by atoms with Gasteiger partial charge in [-0.2, -0.15) is 10.1 Å². The van der Waals surface area contributed by atoms with E-state index in [0.717, 1.165) is 42.0 Å². The largest absolute Gasteiger partial charge is 0.378 e. The smallest absolute Gasteiger partial charge is 0.270 e. The maximum absolute atomic E-state index is 14.2. The molecular weight excluding hydrogens is 449 g/mol. The Morgan fingerprint density at radius 3 is 2.74 bits per heavy atom. The van der Waals surface area contributed by atoms with E-state index in [4.69, 9.17) is 4.74 Å². The number of nitrogens with one attached hydrogen (secondary N) is 2. The Kier molecular flexibility index (Phi) is 7.35. The van der Waals surface area contributed by atoms with Crippen LogP contribution < -0.4 is 20.7 Å². The Labute approximate surface area is 203 Å². The first-order valence-electron chi connectivity index (χ1n) is 11.8. The lowest BCUT2D eigenvalue weighted by Gasteiger charge is -2.30. The summed E-state index contributed by atoms with van der Waals surface area (Å²) in [5, 5.41) is 13.8. The van der Waals surface area contributed by atoms with Gasteiger partial charge in [0, 0.05) is 31.9 Å². The number of hydrogen-bond acceptors (Lipinski definition) is 10. The normalized spacial score (nSPS) is 16.6. The van der Waals surface area contributed by atoms with Gasteiger partial charge < -0.3 is 20.0 Å². The van der Waals surface area contributed by atoms with E-state index in [1.54, 1.807) is 6.20 Å². The van der Waals surface area contributed by atoms with Gasteiger partial charge in [-0.1, -0.05) is 6.07 Å². The van der Waals surface area contributed by atoms with Gasteiger partial charge in [-0.05, 0) is 43.2 Å². The van der Waals surface area contributed by atoms with Gasteiger partial charge in [0.2, 0.25) is 0 Å². The molecule has 2 aliphatic rings. The van der Waals surface area contributed by atoms with E-state index in [9.17, 15) is 4.39 Å². The molecule has 4 heterocycles. The molecule has 182 valence electrons. The van der Waals surface area contributed by atoms with E-state index in [1.807, 2.05) is 29.2 Å². The minimum Gasteiger partial charge on any atom is -0.378 e. The number of nitrogens with zero attached hydrogens (tertiary/aromatic N) is 7. The summed E-state index contributed by atoms with van der Waals surface area (Å²) in [4.78, 5) is 14.4. The lowest BCUT2D eigenvalue weighted by Crippen LogP contribution is -2.43. The van der Waals surface area contributed by atoms with Crippen molar-refractivity contribution in [2.24, 2.45) is 10.2 Å². The second-order valence-corrected chi connectivity index (χ2v) is 8.32. The quantitative estimate of drug-likeness (QED) is 0.493. The molecule has 2 saturated heterocycles. The number of aromatic nitrogens is 3. The molecule has 2 aromatic heterocycles. The lowest BCUT2D eigenvalue weighted by atomic mass is 10.2. The van der Waals surface area contributed by atoms with Crippen LogP contribution >= 0.6 is 0 Å². The van der Waals surface area contributed by atoms with Gasteiger partial charge in [-0.15, -0.1) is 5.11 Å². The highest BCUT2D eigenvalue weighted by atomic mass is 19.1. The number of rotatable bonds is 7. The molecule has 0 aliphatic carbocycles. The molecule has 0 radical (unpaired) electrons. The summed E-state index contributed by atoms with van der Waals surface area (Å²) in [5.41, 5.74) is 7.19. The second-order valence-electron chi connectivity index (χ2n) is 8.32. The fourth-order valence-corrected chi connectivity index (χ4v) is 3.98. The molecule has 0 bridgehead atoms. The maximum atomic E-state index is 14.2. The predicted octanol–water partition coefficient (Wildman–Crippen LogP) is 3.98. The summed E-state index contributed by atoms with van der Waals surface area (Å²) >= 11 is 0. The minimum atomic E-state index is -0.478. The fourth-order valence-electron chi connectivity index (χ4n) is 3.98. The number of ether oxygens (including phenoxy) is 1. The van der Waals surface area contributed by atoms with Crippen LogP contribution in [0.2, 0.25) is 0 Å². The van der Waals surface area contributed by atoms with Gasteiger partial charge in [0.15, 0.2) is 11.6 Å². The van der Waals surface area contributed by atoms with E-state index in [0.29, 0.717) is 26.3 Å². The van der Waals surface area contributed by atoms with Gasteiger partial charge in [-0.25, -0.2) is 14.8 Å². The third-order valence-corrected chi connectivity index (χ3v) is 5.80. The standard InChI is InChI=1S/C24H28FN9O/c25-22-17-27-24(31-23(22)33-10-12-35-13-11-33)32-28-16-19-6-7-20(15-26-19)30-18-4-3-5-21(14-18)34-9-2-1-8-29-34/h3-7,14-15,17,29-30H,1-2,8-13,16H2. The van der Waals surface area contributed by atoms with Gasteiger partial charge in [-0.3, -0.25) is 4.98 Å². The first-order valence-corrected chi connectivity index (χ1v) is 11.8. The van der Waals surface area contributed by atoms with Crippen LogP contribution in [0.15, 0.2) is 59.0 Å². The number of azo groups is 1. The molecule has 35 heavy (non-hydrogen) atoms. The molecule has 3 aromatic rings. The van der Waals surface area contributed by atoms with Gasteiger partial charge in [0.1, 0.15) is 6.54 Å². The molecule has 10 nitrogen and oxygen atoms in total. The van der Waals surface area contributed by atoms with Crippen LogP contribution in [0.4, 0.5) is 33.2 Å².